The highest BCUT2D eigenvalue weighted by Crippen LogP contribution is 2.27. The summed E-state index contributed by atoms with van der Waals surface area (Å²) < 4.78 is 7.55. The Labute approximate surface area is 130 Å². The van der Waals surface area contributed by atoms with Crippen LogP contribution < -0.4 is 0 Å². The van der Waals surface area contributed by atoms with Crippen molar-refractivity contribution in [2.24, 2.45) is 0 Å². The zero-order valence-electron chi connectivity index (χ0n) is 13.0. The summed E-state index contributed by atoms with van der Waals surface area (Å²) in [7, 11) is 0. The molecule has 0 N–H and O–H groups in total. The molecule has 0 unspecified atom stereocenters. The van der Waals surface area contributed by atoms with Gasteiger partial charge in [0.05, 0.1) is 16.8 Å². The van der Waals surface area contributed by atoms with Gasteiger partial charge in [0.15, 0.2) is 0 Å². The average molecular weight is 293 g/mol. The van der Waals surface area contributed by atoms with Gasteiger partial charge in [0.25, 0.3) is 0 Å². The summed E-state index contributed by atoms with van der Waals surface area (Å²) in [6, 6.07) is 17.8. The highest BCUT2D eigenvalue weighted by atomic mass is 16.6. The van der Waals surface area contributed by atoms with Gasteiger partial charge in [-0.3, -0.25) is 0 Å². The number of carbonyl (C=O) groups is 1. The smallest absolute Gasteiger partial charge is 0.340 e. The summed E-state index contributed by atoms with van der Waals surface area (Å²) in [5.41, 5.74) is 2.99. The van der Waals surface area contributed by atoms with E-state index in [-0.39, 0.29) is 5.97 Å². The fraction of sp³-hybridized carbons (Fsp3) is 0.211. The second-order valence-corrected chi connectivity index (χ2v) is 6.27. The molecule has 0 radical (unpaired) electrons. The Balaban J connectivity index is 2.15. The van der Waals surface area contributed by atoms with E-state index in [1.54, 1.807) is 0 Å². The lowest BCUT2D eigenvalue weighted by molar-refractivity contribution is 0.00720. The Kier molecular flexibility index (Phi) is 3.49. The van der Waals surface area contributed by atoms with Crippen molar-refractivity contribution in [1.29, 1.82) is 0 Å². The number of hydrogen-bond acceptors (Lipinski definition) is 2. The maximum atomic E-state index is 12.5. The third-order valence-corrected chi connectivity index (χ3v) is 3.36. The topological polar surface area (TPSA) is 30.7 Å². The maximum Gasteiger partial charge on any atom is 0.340 e. The standard InChI is InChI=1S/C19H19NO2/c1-19(2,3)22-18(21)15-13-17(14-9-5-4-6-10-14)20-12-8-7-11-16(15)20/h4-13H,1-3H3. The van der Waals surface area contributed by atoms with Crippen LogP contribution >= 0.6 is 0 Å². The molecule has 0 saturated carbocycles. The van der Waals surface area contributed by atoms with Crippen molar-refractivity contribution in [3.05, 3.63) is 66.4 Å². The molecule has 1 aromatic carbocycles. The normalized spacial score (nSPS) is 11.6. The minimum atomic E-state index is -0.507. The van der Waals surface area contributed by atoms with Gasteiger partial charge in [-0.1, -0.05) is 36.4 Å². The molecule has 0 aliphatic heterocycles. The molecule has 3 rings (SSSR count). The summed E-state index contributed by atoms with van der Waals surface area (Å²) in [5.74, 6) is -0.293. The number of carbonyl (C=O) groups excluding carboxylic acids is 1. The number of esters is 1. The lowest BCUT2D eigenvalue weighted by Crippen LogP contribution is -2.23. The Morgan fingerprint density at radius 3 is 2.36 bits per heavy atom. The molecule has 3 heteroatoms. The summed E-state index contributed by atoms with van der Waals surface area (Å²) in [6.07, 6.45) is 1.96. The van der Waals surface area contributed by atoms with Crippen molar-refractivity contribution in [3.8, 4) is 11.3 Å². The molecule has 3 nitrogen and oxygen atoms in total. The van der Waals surface area contributed by atoms with Crippen LogP contribution in [0.1, 0.15) is 31.1 Å². The van der Waals surface area contributed by atoms with Crippen molar-refractivity contribution >= 4 is 11.5 Å². The van der Waals surface area contributed by atoms with Crippen molar-refractivity contribution in [1.82, 2.24) is 4.40 Å². The minimum absolute atomic E-state index is 0.293. The zero-order valence-corrected chi connectivity index (χ0v) is 13.0. The molecule has 2 aromatic heterocycles. The van der Waals surface area contributed by atoms with Crippen molar-refractivity contribution in [2.75, 3.05) is 0 Å². The molecule has 0 atom stereocenters. The minimum Gasteiger partial charge on any atom is -0.456 e. The molecule has 0 spiro atoms. The number of hydrogen-bond donors (Lipinski definition) is 0. The molecule has 0 amide bonds. The first-order valence-electron chi connectivity index (χ1n) is 7.34. The van der Waals surface area contributed by atoms with Crippen LogP contribution in [0.3, 0.4) is 0 Å². The van der Waals surface area contributed by atoms with Crippen LogP contribution in [0.2, 0.25) is 0 Å². The molecule has 0 aliphatic rings. The third-order valence-electron chi connectivity index (χ3n) is 3.36. The van der Waals surface area contributed by atoms with Crippen LogP contribution in [0, 0.1) is 0 Å². The lowest BCUT2D eigenvalue weighted by Gasteiger charge is -2.19. The van der Waals surface area contributed by atoms with Gasteiger partial charge in [-0.25, -0.2) is 4.79 Å². The molecule has 0 saturated heterocycles. The van der Waals surface area contributed by atoms with Gasteiger partial charge in [-0.05, 0) is 44.5 Å². The predicted octanol–water partition coefficient (Wildman–Crippen LogP) is 4.56. The van der Waals surface area contributed by atoms with Crippen LogP contribution in [0.4, 0.5) is 0 Å². The highest BCUT2D eigenvalue weighted by Gasteiger charge is 2.22. The number of fused-ring (bicyclic) bond motifs is 1. The van der Waals surface area contributed by atoms with Gasteiger partial charge in [-0.15, -0.1) is 0 Å². The Morgan fingerprint density at radius 2 is 1.68 bits per heavy atom. The van der Waals surface area contributed by atoms with E-state index in [0.717, 1.165) is 16.8 Å². The Morgan fingerprint density at radius 1 is 1.00 bits per heavy atom. The molecular formula is C19H19NO2. The van der Waals surface area contributed by atoms with Crippen molar-refractivity contribution in [3.63, 3.8) is 0 Å². The first-order chi connectivity index (χ1) is 10.5. The predicted molar refractivity (Wildman–Crippen MR) is 88.0 cm³/mol. The lowest BCUT2D eigenvalue weighted by atomic mass is 10.1. The molecule has 2 heterocycles. The Bertz CT molecular complexity index is 810. The quantitative estimate of drug-likeness (QED) is 0.648. The second-order valence-electron chi connectivity index (χ2n) is 6.27. The van der Waals surface area contributed by atoms with Gasteiger partial charge in [0.1, 0.15) is 5.60 Å². The van der Waals surface area contributed by atoms with Gasteiger partial charge in [-0.2, -0.15) is 0 Å². The number of aromatic nitrogens is 1. The number of pyridine rings is 1. The number of rotatable bonds is 2. The Hall–Kier alpha value is -2.55. The molecule has 0 aliphatic carbocycles. The highest BCUT2D eigenvalue weighted by molar-refractivity contribution is 5.99. The number of nitrogens with zero attached hydrogens (tertiary/aromatic N) is 1. The van der Waals surface area contributed by atoms with E-state index >= 15 is 0 Å². The summed E-state index contributed by atoms with van der Waals surface area (Å²) in [4.78, 5) is 12.5. The van der Waals surface area contributed by atoms with Crippen LogP contribution in [-0.2, 0) is 4.74 Å². The first kappa shape index (κ1) is 14.4. The molecule has 0 bridgehead atoms. The first-order valence-corrected chi connectivity index (χ1v) is 7.34. The van der Waals surface area contributed by atoms with E-state index in [4.69, 9.17) is 4.74 Å². The molecule has 22 heavy (non-hydrogen) atoms. The monoisotopic (exact) mass is 293 g/mol. The molecule has 3 aromatic rings. The largest absolute Gasteiger partial charge is 0.456 e. The summed E-state index contributed by atoms with van der Waals surface area (Å²) >= 11 is 0. The van der Waals surface area contributed by atoms with Crippen LogP contribution in [0.25, 0.3) is 16.8 Å². The molecule has 0 fully saturated rings. The fourth-order valence-electron chi connectivity index (χ4n) is 2.48. The summed E-state index contributed by atoms with van der Waals surface area (Å²) in [5, 5.41) is 0. The van der Waals surface area contributed by atoms with E-state index < -0.39 is 5.60 Å². The van der Waals surface area contributed by atoms with Gasteiger partial charge >= 0.3 is 5.97 Å². The molecular weight excluding hydrogens is 274 g/mol. The maximum absolute atomic E-state index is 12.5. The second kappa shape index (κ2) is 5.34. The van der Waals surface area contributed by atoms with Gasteiger partial charge in [0, 0.05) is 6.20 Å². The van der Waals surface area contributed by atoms with E-state index in [1.165, 1.54) is 0 Å². The van der Waals surface area contributed by atoms with E-state index in [0.29, 0.717) is 5.56 Å². The van der Waals surface area contributed by atoms with Crippen molar-refractivity contribution < 1.29 is 9.53 Å². The van der Waals surface area contributed by atoms with E-state index in [9.17, 15) is 4.79 Å². The van der Waals surface area contributed by atoms with Crippen LogP contribution in [0.15, 0.2) is 60.8 Å². The number of ether oxygens (including phenoxy) is 1. The van der Waals surface area contributed by atoms with Gasteiger partial charge < -0.3 is 9.14 Å². The summed E-state index contributed by atoms with van der Waals surface area (Å²) in [6.45, 7) is 5.63. The SMILES string of the molecule is CC(C)(C)OC(=O)c1cc(-c2ccccc2)n2ccccc12. The van der Waals surface area contributed by atoms with Crippen molar-refractivity contribution in [2.45, 2.75) is 26.4 Å². The van der Waals surface area contributed by atoms with Crippen LogP contribution in [-0.4, -0.2) is 16.0 Å². The fourth-order valence-corrected chi connectivity index (χ4v) is 2.48. The van der Waals surface area contributed by atoms with E-state index in [1.807, 2.05) is 86.0 Å². The average Bonchev–Trinajstić information content (AvgIpc) is 2.86. The molecule has 112 valence electrons. The number of benzene rings is 1. The van der Waals surface area contributed by atoms with Gasteiger partial charge in [0.2, 0.25) is 0 Å². The van der Waals surface area contributed by atoms with Crippen LogP contribution in [0.5, 0.6) is 0 Å². The zero-order chi connectivity index (χ0) is 15.7. The third kappa shape index (κ3) is 2.75. The van der Waals surface area contributed by atoms with E-state index in [2.05, 4.69) is 0 Å².